The molecule has 2 aliphatic heterocycles. The molecule has 3 unspecified atom stereocenters. The number of aromatic nitrogens is 1. The van der Waals surface area contributed by atoms with Gasteiger partial charge in [-0.05, 0) is 53.8 Å². The first-order chi connectivity index (χ1) is 19.1. The summed E-state index contributed by atoms with van der Waals surface area (Å²) >= 11 is 0. The molecule has 40 heavy (non-hydrogen) atoms. The Labute approximate surface area is 233 Å². The normalized spacial score (nSPS) is 20.1. The topological polar surface area (TPSA) is 126 Å². The second kappa shape index (κ2) is 11.3. The Morgan fingerprint density at radius 1 is 1.07 bits per heavy atom. The number of benzene rings is 2. The lowest BCUT2D eigenvalue weighted by Gasteiger charge is -2.28. The molecule has 2 saturated heterocycles. The van der Waals surface area contributed by atoms with Gasteiger partial charge >= 0.3 is 6.09 Å². The van der Waals surface area contributed by atoms with E-state index in [0.29, 0.717) is 24.3 Å². The standard InChI is InChI=1S/C29H32N4O6S/c1-19(2)15-24(31-29(36)39-23-11-10-20-7-3-4-8-21(20)16-23)28(35)32-14-12-25-27(32)26(34)17-33(25)40(37,38)18-22-9-5-6-13-30-22/h3-11,13,16,19,24-25,27H,12,14-15,17-18H2,1-2H3,(H,31,36). The van der Waals surface area contributed by atoms with Gasteiger partial charge < -0.3 is 15.0 Å². The van der Waals surface area contributed by atoms with Crippen molar-refractivity contribution in [3.8, 4) is 5.75 Å². The highest BCUT2D eigenvalue weighted by molar-refractivity contribution is 7.88. The summed E-state index contributed by atoms with van der Waals surface area (Å²) in [6.45, 7) is 3.78. The molecule has 210 valence electrons. The van der Waals surface area contributed by atoms with Gasteiger partial charge in [0.25, 0.3) is 0 Å². The molecular formula is C29H32N4O6S. The Kier molecular flexibility index (Phi) is 7.86. The Hall–Kier alpha value is -3.83. The van der Waals surface area contributed by atoms with Gasteiger partial charge in [0.1, 0.15) is 23.6 Å². The van der Waals surface area contributed by atoms with E-state index < -0.39 is 40.1 Å². The summed E-state index contributed by atoms with van der Waals surface area (Å²) in [6, 6.07) is 15.5. The van der Waals surface area contributed by atoms with Gasteiger partial charge in [0, 0.05) is 12.7 Å². The van der Waals surface area contributed by atoms with Crippen molar-refractivity contribution < 1.29 is 27.5 Å². The summed E-state index contributed by atoms with van der Waals surface area (Å²) in [5.74, 6) is -0.677. The van der Waals surface area contributed by atoms with Crippen molar-refractivity contribution in [1.29, 1.82) is 0 Å². The average molecular weight is 565 g/mol. The van der Waals surface area contributed by atoms with Crippen molar-refractivity contribution in [2.45, 2.75) is 50.6 Å². The molecule has 1 aromatic heterocycles. The highest BCUT2D eigenvalue weighted by Gasteiger charge is 2.54. The van der Waals surface area contributed by atoms with Crippen molar-refractivity contribution in [3.05, 3.63) is 72.6 Å². The summed E-state index contributed by atoms with van der Waals surface area (Å²) in [4.78, 5) is 45.1. The zero-order valence-corrected chi connectivity index (χ0v) is 23.2. The van der Waals surface area contributed by atoms with E-state index in [0.717, 1.165) is 10.8 Å². The lowest BCUT2D eigenvalue weighted by molar-refractivity contribution is -0.138. The van der Waals surface area contributed by atoms with Crippen molar-refractivity contribution in [1.82, 2.24) is 19.5 Å². The molecule has 3 atom stereocenters. The Balaban J connectivity index is 1.29. The Bertz CT molecular complexity index is 1530. The lowest BCUT2D eigenvalue weighted by atomic mass is 10.0. The van der Waals surface area contributed by atoms with Crippen LogP contribution in [0.4, 0.5) is 4.79 Å². The molecule has 3 aromatic rings. The van der Waals surface area contributed by atoms with Gasteiger partial charge in [-0.3, -0.25) is 14.6 Å². The fourth-order valence-electron chi connectivity index (χ4n) is 5.54. The van der Waals surface area contributed by atoms with Crippen molar-refractivity contribution in [2.75, 3.05) is 13.1 Å². The van der Waals surface area contributed by atoms with Crippen LogP contribution in [0.3, 0.4) is 0 Å². The number of fused-ring (bicyclic) bond motifs is 2. The van der Waals surface area contributed by atoms with Crippen molar-refractivity contribution in [3.63, 3.8) is 0 Å². The van der Waals surface area contributed by atoms with E-state index in [2.05, 4.69) is 10.3 Å². The summed E-state index contributed by atoms with van der Waals surface area (Å²) in [5.41, 5.74) is 0.385. The molecule has 0 saturated carbocycles. The van der Waals surface area contributed by atoms with E-state index >= 15 is 0 Å². The molecule has 3 heterocycles. The van der Waals surface area contributed by atoms with Gasteiger partial charge in [0.15, 0.2) is 5.78 Å². The van der Waals surface area contributed by atoms with Crippen LogP contribution < -0.4 is 10.1 Å². The molecule has 2 fully saturated rings. The number of sulfonamides is 1. The van der Waals surface area contributed by atoms with Gasteiger partial charge in [-0.1, -0.05) is 50.2 Å². The van der Waals surface area contributed by atoms with E-state index in [1.165, 1.54) is 15.4 Å². The number of nitrogens with one attached hydrogen (secondary N) is 1. The first-order valence-corrected chi connectivity index (χ1v) is 14.9. The minimum absolute atomic E-state index is 0.0582. The third kappa shape index (κ3) is 5.85. The first-order valence-electron chi connectivity index (χ1n) is 13.3. The number of ketones is 1. The van der Waals surface area contributed by atoms with E-state index in [-0.39, 0.29) is 30.5 Å². The van der Waals surface area contributed by atoms with Gasteiger partial charge in [-0.25, -0.2) is 13.2 Å². The number of likely N-dealkylation sites (tertiary alicyclic amines) is 1. The predicted octanol–water partition coefficient (Wildman–Crippen LogP) is 3.12. The number of Topliss-reactive ketones (excluding diaryl/α,β-unsaturated/α-hetero) is 1. The lowest BCUT2D eigenvalue weighted by Crippen LogP contribution is -2.53. The van der Waals surface area contributed by atoms with Gasteiger partial charge in [0.2, 0.25) is 15.9 Å². The Morgan fingerprint density at radius 3 is 2.55 bits per heavy atom. The number of hydrogen-bond donors (Lipinski definition) is 1. The fourth-order valence-corrected chi connectivity index (χ4v) is 7.21. The number of carbonyl (C=O) groups excluding carboxylic acids is 3. The van der Waals surface area contributed by atoms with Crippen LogP contribution in [0, 0.1) is 5.92 Å². The van der Waals surface area contributed by atoms with Crippen LogP contribution in [0.1, 0.15) is 32.4 Å². The monoisotopic (exact) mass is 564 g/mol. The summed E-state index contributed by atoms with van der Waals surface area (Å²) < 4.78 is 33.1. The maximum absolute atomic E-state index is 13.7. The van der Waals surface area contributed by atoms with E-state index in [9.17, 15) is 22.8 Å². The number of carbonyl (C=O) groups is 3. The molecule has 5 rings (SSSR count). The minimum Gasteiger partial charge on any atom is -0.410 e. The van der Waals surface area contributed by atoms with Gasteiger partial charge in [0.05, 0.1) is 18.3 Å². The molecule has 0 bridgehead atoms. The molecular weight excluding hydrogens is 532 g/mol. The van der Waals surface area contributed by atoms with Crippen LogP contribution in [0.25, 0.3) is 10.8 Å². The zero-order chi connectivity index (χ0) is 28.4. The second-order valence-electron chi connectivity index (χ2n) is 10.6. The fraction of sp³-hybridized carbons (Fsp3) is 0.379. The van der Waals surface area contributed by atoms with Gasteiger partial charge in [-0.2, -0.15) is 4.31 Å². The van der Waals surface area contributed by atoms with Crippen LogP contribution in [0.2, 0.25) is 0 Å². The number of nitrogens with zero attached hydrogens (tertiary/aromatic N) is 3. The molecule has 2 amide bonds. The predicted molar refractivity (Wildman–Crippen MR) is 149 cm³/mol. The maximum atomic E-state index is 13.7. The van der Waals surface area contributed by atoms with Crippen LogP contribution in [0.5, 0.6) is 5.75 Å². The van der Waals surface area contributed by atoms with E-state index in [4.69, 9.17) is 4.74 Å². The number of rotatable bonds is 8. The Morgan fingerprint density at radius 2 is 1.82 bits per heavy atom. The molecule has 2 aliphatic rings. The zero-order valence-electron chi connectivity index (χ0n) is 22.4. The molecule has 11 heteroatoms. The van der Waals surface area contributed by atoms with Crippen molar-refractivity contribution in [2.24, 2.45) is 5.92 Å². The van der Waals surface area contributed by atoms with Gasteiger partial charge in [-0.15, -0.1) is 0 Å². The number of pyridine rings is 1. The third-order valence-electron chi connectivity index (χ3n) is 7.30. The third-order valence-corrected chi connectivity index (χ3v) is 9.08. The summed E-state index contributed by atoms with van der Waals surface area (Å²) in [5, 5.41) is 4.60. The number of amides is 2. The molecule has 0 spiro atoms. The van der Waals surface area contributed by atoms with Crippen molar-refractivity contribution >= 4 is 38.6 Å². The summed E-state index contributed by atoms with van der Waals surface area (Å²) in [6.07, 6.45) is 1.41. The number of ether oxygens (including phenoxy) is 1. The minimum atomic E-state index is -3.84. The smallest absolute Gasteiger partial charge is 0.410 e. The van der Waals surface area contributed by atoms with Crippen LogP contribution >= 0.6 is 0 Å². The molecule has 2 aromatic carbocycles. The molecule has 10 nitrogen and oxygen atoms in total. The van der Waals surface area contributed by atoms with Crippen LogP contribution in [-0.4, -0.2) is 71.6 Å². The molecule has 0 aliphatic carbocycles. The summed E-state index contributed by atoms with van der Waals surface area (Å²) in [7, 11) is -3.84. The van der Waals surface area contributed by atoms with E-state index in [1.54, 1.807) is 30.3 Å². The molecule has 0 radical (unpaired) electrons. The largest absolute Gasteiger partial charge is 0.413 e. The number of hydrogen-bond acceptors (Lipinski definition) is 7. The van der Waals surface area contributed by atoms with E-state index in [1.807, 2.05) is 44.2 Å². The van der Waals surface area contributed by atoms with Crippen LogP contribution in [-0.2, 0) is 25.4 Å². The quantitative estimate of drug-likeness (QED) is 0.446. The highest BCUT2D eigenvalue weighted by Crippen LogP contribution is 2.33. The molecule has 1 N–H and O–H groups in total. The first kappa shape index (κ1) is 27.7. The SMILES string of the molecule is CC(C)CC(NC(=O)Oc1ccc2ccccc2c1)C(=O)N1CCC2C1C(=O)CN2S(=O)(=O)Cc1ccccn1. The highest BCUT2D eigenvalue weighted by atomic mass is 32.2. The second-order valence-corrected chi connectivity index (χ2v) is 12.6. The maximum Gasteiger partial charge on any atom is 0.413 e. The average Bonchev–Trinajstić information content (AvgIpc) is 3.49. The van der Waals surface area contributed by atoms with Crippen LogP contribution in [0.15, 0.2) is 66.9 Å².